The molecule has 0 saturated heterocycles. The van der Waals surface area contributed by atoms with Gasteiger partial charge in [0, 0.05) is 16.7 Å². The molecule has 0 aromatic heterocycles. The van der Waals surface area contributed by atoms with Gasteiger partial charge < -0.3 is 13.3 Å². The van der Waals surface area contributed by atoms with E-state index in [0.29, 0.717) is 0 Å². The molecular weight excluding hydrogens is 316 g/mol. The van der Waals surface area contributed by atoms with Crippen LogP contribution in [0.15, 0.2) is 0 Å². The molecule has 0 aliphatic heterocycles. The van der Waals surface area contributed by atoms with Crippen LogP contribution in [0.2, 0.25) is 65.0 Å². The Morgan fingerprint density at radius 3 is 1.20 bits per heavy atom. The Morgan fingerprint density at radius 1 is 0.700 bits per heavy atom. The van der Waals surface area contributed by atoms with Gasteiger partial charge in [0.2, 0.25) is 0 Å². The molecule has 0 rings (SSSR count). The van der Waals surface area contributed by atoms with Crippen LogP contribution in [0.4, 0.5) is 0 Å². The standard InChI is InChI=1S/C13H33O3Si4/c1-18(2,3)14-13(11-10-12-17,15-19(4,5)6)16-20(7,8)9/h10-12H2,1-9H3. The summed E-state index contributed by atoms with van der Waals surface area (Å²) in [4.78, 5) is 0. The van der Waals surface area contributed by atoms with Crippen LogP contribution in [0.5, 0.6) is 0 Å². The molecule has 0 aliphatic rings. The molecule has 0 saturated carbocycles. The third-order valence-electron chi connectivity index (χ3n) is 2.04. The Bertz CT molecular complexity index is 249. The molecule has 0 heterocycles. The Balaban J connectivity index is 5.38. The van der Waals surface area contributed by atoms with Crippen LogP contribution in [0.1, 0.15) is 12.8 Å². The van der Waals surface area contributed by atoms with Crippen LogP contribution >= 0.6 is 0 Å². The summed E-state index contributed by atoms with van der Waals surface area (Å²) in [6.45, 7) is 19.7. The molecular formula is C13H33O3Si4. The van der Waals surface area contributed by atoms with Gasteiger partial charge in [0.15, 0.2) is 25.0 Å². The van der Waals surface area contributed by atoms with E-state index in [2.05, 4.69) is 69.2 Å². The van der Waals surface area contributed by atoms with Gasteiger partial charge in [0.25, 0.3) is 5.97 Å². The van der Waals surface area contributed by atoms with E-state index < -0.39 is 30.9 Å². The largest absolute Gasteiger partial charge is 0.371 e. The fourth-order valence-electron chi connectivity index (χ4n) is 1.92. The first kappa shape index (κ1) is 20.7. The lowest BCUT2D eigenvalue weighted by Gasteiger charge is -2.45. The average Bonchev–Trinajstić information content (AvgIpc) is 2.05. The fourth-order valence-corrected chi connectivity index (χ4v) is 5.70. The molecule has 0 fully saturated rings. The summed E-state index contributed by atoms with van der Waals surface area (Å²) in [5, 5.41) is 0. The van der Waals surface area contributed by atoms with Gasteiger partial charge in [-0.1, -0.05) is 6.04 Å². The van der Waals surface area contributed by atoms with Crippen molar-refractivity contribution in [3.8, 4) is 0 Å². The summed E-state index contributed by atoms with van der Waals surface area (Å²) in [6.07, 6.45) is 1.77. The first-order valence-electron chi connectivity index (χ1n) is 7.43. The SMILES string of the molecule is C[Si](C)(C)OC(CCC[Si])(O[Si](C)(C)C)O[Si](C)(C)C. The summed E-state index contributed by atoms with van der Waals surface area (Å²) in [5.74, 6) is -0.841. The van der Waals surface area contributed by atoms with Crippen molar-refractivity contribution in [3.05, 3.63) is 0 Å². The van der Waals surface area contributed by atoms with Gasteiger partial charge in [0.1, 0.15) is 0 Å². The lowest BCUT2D eigenvalue weighted by molar-refractivity contribution is -0.273. The van der Waals surface area contributed by atoms with Gasteiger partial charge in [-0.05, 0) is 65.3 Å². The Kier molecular flexibility index (Phi) is 7.62. The minimum absolute atomic E-state index is 0.787. The second kappa shape index (κ2) is 7.34. The summed E-state index contributed by atoms with van der Waals surface area (Å²) >= 11 is 0. The molecule has 0 aromatic rings. The van der Waals surface area contributed by atoms with E-state index in [0.717, 1.165) is 18.9 Å². The van der Waals surface area contributed by atoms with Crippen molar-refractivity contribution in [3.63, 3.8) is 0 Å². The van der Waals surface area contributed by atoms with E-state index in [-0.39, 0.29) is 0 Å². The van der Waals surface area contributed by atoms with Gasteiger partial charge in [0.05, 0.1) is 0 Å². The summed E-state index contributed by atoms with van der Waals surface area (Å²) in [7, 11) is -1.73. The Hall–Kier alpha value is 0.748. The van der Waals surface area contributed by atoms with Gasteiger partial charge in [-0.25, -0.2) is 0 Å². The zero-order chi connectivity index (χ0) is 16.2. The average molecular weight is 350 g/mol. The van der Waals surface area contributed by atoms with Crippen molar-refractivity contribution in [2.75, 3.05) is 0 Å². The molecule has 0 unspecified atom stereocenters. The van der Waals surface area contributed by atoms with Crippen LogP contribution in [0, 0.1) is 0 Å². The van der Waals surface area contributed by atoms with Crippen molar-refractivity contribution >= 4 is 35.2 Å². The lowest BCUT2D eigenvalue weighted by atomic mass is 10.3. The Morgan fingerprint density at radius 2 is 1.00 bits per heavy atom. The third-order valence-corrected chi connectivity index (χ3v) is 5.17. The number of hydrogen-bond acceptors (Lipinski definition) is 3. The highest BCUT2D eigenvalue weighted by atomic mass is 28.4. The number of hydrogen-bond donors (Lipinski definition) is 0. The van der Waals surface area contributed by atoms with E-state index in [1.54, 1.807) is 0 Å². The molecule has 3 radical (unpaired) electrons. The predicted octanol–water partition coefficient (Wildman–Crippen LogP) is 4.56. The second-order valence-corrected chi connectivity index (χ2v) is 22.0. The van der Waals surface area contributed by atoms with Crippen LogP contribution in [-0.4, -0.2) is 41.2 Å². The highest BCUT2D eigenvalue weighted by molar-refractivity contribution is 6.72. The molecule has 0 N–H and O–H groups in total. The minimum Gasteiger partial charge on any atom is -0.371 e. The molecule has 0 bridgehead atoms. The quantitative estimate of drug-likeness (QED) is 0.451. The molecule has 0 aliphatic carbocycles. The highest BCUT2D eigenvalue weighted by Gasteiger charge is 2.44. The molecule has 0 spiro atoms. The van der Waals surface area contributed by atoms with E-state index in [4.69, 9.17) is 13.3 Å². The van der Waals surface area contributed by atoms with E-state index in [9.17, 15) is 0 Å². The maximum absolute atomic E-state index is 6.42. The molecule has 3 nitrogen and oxygen atoms in total. The Labute approximate surface area is 132 Å². The molecule has 20 heavy (non-hydrogen) atoms. The minimum atomic E-state index is -1.76. The maximum Gasteiger partial charge on any atom is 0.254 e. The monoisotopic (exact) mass is 349 g/mol. The molecule has 7 heteroatoms. The van der Waals surface area contributed by atoms with Crippen LogP contribution < -0.4 is 0 Å². The summed E-state index contributed by atoms with van der Waals surface area (Å²) in [6, 6.07) is 0.931. The first-order chi connectivity index (χ1) is 8.68. The van der Waals surface area contributed by atoms with Gasteiger partial charge in [-0.3, -0.25) is 0 Å². The molecule has 119 valence electrons. The summed E-state index contributed by atoms with van der Waals surface area (Å²) in [5.41, 5.74) is 0. The predicted molar refractivity (Wildman–Crippen MR) is 95.8 cm³/mol. The van der Waals surface area contributed by atoms with E-state index in [1.807, 2.05) is 0 Å². The summed E-state index contributed by atoms with van der Waals surface area (Å²) < 4.78 is 19.3. The van der Waals surface area contributed by atoms with Crippen molar-refractivity contribution in [1.29, 1.82) is 0 Å². The van der Waals surface area contributed by atoms with Gasteiger partial charge in [-0.2, -0.15) is 0 Å². The van der Waals surface area contributed by atoms with Crippen LogP contribution in [0.3, 0.4) is 0 Å². The number of rotatable bonds is 9. The molecule has 0 amide bonds. The van der Waals surface area contributed by atoms with Crippen molar-refractivity contribution in [2.45, 2.75) is 83.8 Å². The van der Waals surface area contributed by atoms with Crippen molar-refractivity contribution < 1.29 is 13.3 Å². The normalized spacial score (nSPS) is 14.7. The van der Waals surface area contributed by atoms with Crippen LogP contribution in [-0.2, 0) is 13.3 Å². The smallest absolute Gasteiger partial charge is 0.254 e. The van der Waals surface area contributed by atoms with Crippen molar-refractivity contribution in [1.82, 2.24) is 0 Å². The maximum atomic E-state index is 6.42. The highest BCUT2D eigenvalue weighted by Crippen LogP contribution is 2.33. The second-order valence-electron chi connectivity index (χ2n) is 8.18. The first-order valence-corrected chi connectivity index (χ1v) is 18.4. The van der Waals surface area contributed by atoms with Gasteiger partial charge >= 0.3 is 0 Å². The molecule has 0 aromatic carbocycles. The molecule has 0 atom stereocenters. The zero-order valence-electron chi connectivity index (χ0n) is 14.8. The topological polar surface area (TPSA) is 27.7 Å². The van der Waals surface area contributed by atoms with Gasteiger partial charge in [-0.15, -0.1) is 0 Å². The van der Waals surface area contributed by atoms with Crippen LogP contribution in [0.25, 0.3) is 0 Å². The third kappa shape index (κ3) is 10.5. The lowest BCUT2D eigenvalue weighted by Crippen LogP contribution is -2.55. The van der Waals surface area contributed by atoms with E-state index in [1.165, 1.54) is 0 Å². The van der Waals surface area contributed by atoms with E-state index >= 15 is 0 Å². The zero-order valence-corrected chi connectivity index (χ0v) is 18.8. The fraction of sp³-hybridized carbons (Fsp3) is 1.00. The van der Waals surface area contributed by atoms with Crippen molar-refractivity contribution in [2.24, 2.45) is 0 Å².